The van der Waals surface area contributed by atoms with E-state index in [1.165, 1.54) is 10.8 Å². The van der Waals surface area contributed by atoms with Crippen LogP contribution in [0.3, 0.4) is 0 Å². The third-order valence-corrected chi connectivity index (χ3v) is 6.61. The highest BCUT2D eigenvalue weighted by Gasteiger charge is 2.32. The van der Waals surface area contributed by atoms with Gasteiger partial charge in [-0.25, -0.2) is 24.1 Å². The van der Waals surface area contributed by atoms with Gasteiger partial charge in [-0.15, -0.1) is 0 Å². The number of hydrogen-bond donors (Lipinski definition) is 0. The third kappa shape index (κ3) is 4.83. The van der Waals surface area contributed by atoms with Crippen LogP contribution >= 0.6 is 0 Å². The van der Waals surface area contributed by atoms with Gasteiger partial charge in [0.15, 0.2) is 17.2 Å². The number of anilines is 1. The first-order chi connectivity index (χ1) is 19.7. The molecule has 0 N–H and O–H groups in total. The molecule has 0 saturated carbocycles. The second-order valence-electron chi connectivity index (χ2n) is 10.7. The predicted molar refractivity (Wildman–Crippen MR) is 152 cm³/mol. The SMILES string of the molecule is CCOC(=O)c1cnn2c3c(c(-c4cn(C(=O)OC(C)(C)C)c5ncccc45)nc12)OCCN3Cc1ccccc1. The zero-order valence-corrected chi connectivity index (χ0v) is 23.3. The van der Waals surface area contributed by atoms with Gasteiger partial charge < -0.3 is 19.1 Å². The molecule has 0 bridgehead atoms. The predicted octanol–water partition coefficient (Wildman–Crippen LogP) is 5.10. The van der Waals surface area contributed by atoms with Gasteiger partial charge in [0.05, 0.1) is 19.3 Å². The van der Waals surface area contributed by atoms with Crippen LogP contribution in [0.2, 0.25) is 0 Å². The number of esters is 1. The summed E-state index contributed by atoms with van der Waals surface area (Å²) in [5, 5.41) is 5.22. The highest BCUT2D eigenvalue weighted by Crippen LogP contribution is 2.43. The number of nitrogens with zero attached hydrogens (tertiary/aromatic N) is 6. The summed E-state index contributed by atoms with van der Waals surface area (Å²) in [7, 11) is 0. The van der Waals surface area contributed by atoms with Crippen molar-refractivity contribution in [1.82, 2.24) is 24.1 Å². The molecule has 0 aliphatic carbocycles. The van der Waals surface area contributed by atoms with E-state index in [4.69, 9.17) is 19.2 Å². The van der Waals surface area contributed by atoms with Crippen molar-refractivity contribution in [1.29, 1.82) is 0 Å². The zero-order valence-electron chi connectivity index (χ0n) is 23.3. The number of pyridine rings is 1. The second kappa shape index (κ2) is 10.2. The van der Waals surface area contributed by atoms with Gasteiger partial charge in [0.25, 0.3) is 0 Å². The molecule has 4 aromatic heterocycles. The van der Waals surface area contributed by atoms with Crippen molar-refractivity contribution in [3.8, 4) is 17.0 Å². The first kappa shape index (κ1) is 26.3. The molecule has 5 aromatic rings. The molecule has 0 spiro atoms. The van der Waals surface area contributed by atoms with Gasteiger partial charge in [-0.05, 0) is 45.4 Å². The highest BCUT2D eigenvalue weighted by atomic mass is 16.6. The summed E-state index contributed by atoms with van der Waals surface area (Å²) in [4.78, 5) is 37.7. The first-order valence-electron chi connectivity index (χ1n) is 13.5. The van der Waals surface area contributed by atoms with Crippen LogP contribution < -0.4 is 9.64 Å². The smallest absolute Gasteiger partial charge is 0.420 e. The molecular formula is C30H30N6O5. The lowest BCUT2D eigenvalue weighted by molar-refractivity contribution is 0.0523. The lowest BCUT2D eigenvalue weighted by Crippen LogP contribution is -2.34. The van der Waals surface area contributed by atoms with E-state index in [1.807, 2.05) is 45.0 Å². The van der Waals surface area contributed by atoms with Crippen LogP contribution in [-0.4, -0.2) is 61.6 Å². The average molecular weight is 555 g/mol. The fraction of sp³-hybridized carbons (Fsp3) is 0.300. The van der Waals surface area contributed by atoms with Gasteiger partial charge in [0.1, 0.15) is 29.1 Å². The van der Waals surface area contributed by atoms with E-state index in [-0.39, 0.29) is 12.2 Å². The molecule has 11 heteroatoms. The number of ether oxygens (including phenoxy) is 3. The van der Waals surface area contributed by atoms with Gasteiger partial charge in [0.2, 0.25) is 0 Å². The van der Waals surface area contributed by atoms with Crippen molar-refractivity contribution in [2.24, 2.45) is 0 Å². The summed E-state index contributed by atoms with van der Waals surface area (Å²) in [5.41, 5.74) is 2.44. The molecule has 1 aromatic carbocycles. The zero-order chi connectivity index (χ0) is 28.7. The fourth-order valence-electron chi connectivity index (χ4n) is 4.93. The van der Waals surface area contributed by atoms with Crippen LogP contribution in [0.1, 0.15) is 43.6 Å². The molecule has 0 amide bonds. The Morgan fingerprint density at radius 1 is 1.07 bits per heavy atom. The molecule has 41 heavy (non-hydrogen) atoms. The fourth-order valence-corrected chi connectivity index (χ4v) is 4.93. The lowest BCUT2D eigenvalue weighted by atomic mass is 10.1. The van der Waals surface area contributed by atoms with E-state index in [0.717, 1.165) is 5.56 Å². The lowest BCUT2D eigenvalue weighted by Gasteiger charge is -2.32. The molecule has 5 heterocycles. The molecule has 1 aliphatic heterocycles. The Morgan fingerprint density at radius 2 is 1.88 bits per heavy atom. The Hall–Kier alpha value is -4.93. The van der Waals surface area contributed by atoms with Gasteiger partial charge in [0, 0.05) is 29.9 Å². The number of carbonyl (C=O) groups excluding carboxylic acids is 2. The monoisotopic (exact) mass is 554 g/mol. The summed E-state index contributed by atoms with van der Waals surface area (Å²) < 4.78 is 20.2. The number of rotatable bonds is 5. The molecule has 1 aliphatic rings. The Kier molecular flexibility index (Phi) is 6.56. The molecule has 210 valence electrons. The van der Waals surface area contributed by atoms with Crippen molar-refractivity contribution in [2.45, 2.75) is 39.8 Å². The largest absolute Gasteiger partial charge is 0.486 e. The molecule has 6 rings (SSSR count). The molecule has 11 nitrogen and oxygen atoms in total. The van der Waals surface area contributed by atoms with E-state index in [9.17, 15) is 9.59 Å². The molecule has 0 atom stereocenters. The molecular weight excluding hydrogens is 524 g/mol. The van der Waals surface area contributed by atoms with Crippen LogP contribution in [0, 0.1) is 0 Å². The summed E-state index contributed by atoms with van der Waals surface area (Å²) in [6, 6.07) is 13.7. The van der Waals surface area contributed by atoms with Crippen molar-refractivity contribution < 1.29 is 23.8 Å². The van der Waals surface area contributed by atoms with Crippen molar-refractivity contribution in [3.05, 3.63) is 72.2 Å². The van der Waals surface area contributed by atoms with Gasteiger partial charge in [-0.3, -0.25) is 0 Å². The summed E-state index contributed by atoms with van der Waals surface area (Å²) in [5.74, 6) is 0.619. The Labute approximate surface area is 236 Å². The van der Waals surface area contributed by atoms with E-state index < -0.39 is 17.7 Å². The van der Waals surface area contributed by atoms with Crippen LogP contribution in [0.25, 0.3) is 27.9 Å². The quantitative estimate of drug-likeness (QED) is 0.274. The number of hydrogen-bond acceptors (Lipinski definition) is 9. The Balaban J connectivity index is 1.60. The number of fused-ring (bicyclic) bond motifs is 4. The van der Waals surface area contributed by atoms with Crippen LogP contribution in [0.5, 0.6) is 5.75 Å². The van der Waals surface area contributed by atoms with Gasteiger partial charge in [-0.1, -0.05) is 30.3 Å². The minimum absolute atomic E-state index is 0.215. The van der Waals surface area contributed by atoms with E-state index in [0.29, 0.717) is 59.2 Å². The molecule has 0 fully saturated rings. The van der Waals surface area contributed by atoms with Crippen molar-refractivity contribution in [2.75, 3.05) is 24.7 Å². The Morgan fingerprint density at radius 3 is 2.63 bits per heavy atom. The number of aromatic nitrogens is 5. The van der Waals surface area contributed by atoms with Crippen LogP contribution in [-0.2, 0) is 16.0 Å². The average Bonchev–Trinajstić information content (AvgIpc) is 3.55. The highest BCUT2D eigenvalue weighted by molar-refractivity contribution is 6.01. The molecule has 0 radical (unpaired) electrons. The van der Waals surface area contributed by atoms with Crippen molar-refractivity contribution in [3.63, 3.8) is 0 Å². The maximum Gasteiger partial charge on any atom is 0.420 e. The van der Waals surface area contributed by atoms with Crippen LogP contribution in [0.4, 0.5) is 10.6 Å². The van der Waals surface area contributed by atoms with E-state index in [2.05, 4.69) is 27.1 Å². The normalized spacial score (nSPS) is 13.2. The maximum atomic E-state index is 13.2. The first-order valence-corrected chi connectivity index (χ1v) is 13.5. The minimum atomic E-state index is -0.702. The summed E-state index contributed by atoms with van der Waals surface area (Å²) >= 11 is 0. The van der Waals surface area contributed by atoms with Gasteiger partial charge in [-0.2, -0.15) is 9.61 Å². The Bertz CT molecular complexity index is 1770. The van der Waals surface area contributed by atoms with E-state index >= 15 is 0 Å². The summed E-state index contributed by atoms with van der Waals surface area (Å²) in [6.45, 7) is 8.98. The number of benzene rings is 1. The maximum absolute atomic E-state index is 13.2. The number of carbonyl (C=O) groups is 2. The molecule has 0 unspecified atom stereocenters. The summed E-state index contributed by atoms with van der Waals surface area (Å²) in [6.07, 6.45) is 4.17. The third-order valence-electron chi connectivity index (χ3n) is 6.61. The van der Waals surface area contributed by atoms with E-state index in [1.54, 1.807) is 29.9 Å². The topological polar surface area (TPSA) is 113 Å². The molecule has 0 saturated heterocycles. The minimum Gasteiger partial charge on any atom is -0.486 e. The van der Waals surface area contributed by atoms with Crippen molar-refractivity contribution >= 4 is 34.6 Å². The van der Waals surface area contributed by atoms with Gasteiger partial charge >= 0.3 is 12.1 Å². The van der Waals surface area contributed by atoms with Crippen LogP contribution in [0.15, 0.2) is 61.1 Å². The standard InChI is InChI=1S/C30H30N6O5/c1-5-39-28(37)21-16-32-36-26(21)33-23(24-27(36)34(14-15-40-24)17-19-10-7-6-8-11-19)22-18-35(29(38)41-30(2,3)4)25-20(22)12-9-13-31-25/h6-13,16,18H,5,14-15,17H2,1-4H3. The second-order valence-corrected chi connectivity index (χ2v) is 10.7.